The molecule has 0 unspecified atom stereocenters. The third-order valence-corrected chi connectivity index (χ3v) is 4.13. The average Bonchev–Trinajstić information content (AvgIpc) is 2.66. The van der Waals surface area contributed by atoms with E-state index < -0.39 is 0 Å². The Balaban J connectivity index is 0.000000492. The van der Waals surface area contributed by atoms with Crippen LogP contribution in [0.4, 0.5) is 0 Å². The molecule has 0 spiro atoms. The minimum atomic E-state index is 0.599. The van der Waals surface area contributed by atoms with Crippen molar-refractivity contribution in [1.82, 2.24) is 0 Å². The predicted octanol–water partition coefficient (Wildman–Crippen LogP) is 3.12. The normalized spacial score (nSPS) is 15.7. The largest absolute Gasteiger partial charge is 0.516 e. The summed E-state index contributed by atoms with van der Waals surface area (Å²) in [7, 11) is 0. The first-order valence-corrected chi connectivity index (χ1v) is 7.08. The fourth-order valence-electron chi connectivity index (χ4n) is 2.04. The lowest BCUT2D eigenvalue weighted by atomic mass is 9.98. The van der Waals surface area contributed by atoms with Gasteiger partial charge in [-0.05, 0) is 38.2 Å². The molecule has 1 heterocycles. The van der Waals surface area contributed by atoms with E-state index in [4.69, 9.17) is 16.7 Å². The Morgan fingerprint density at radius 1 is 1.44 bits per heavy atom. The average molecular weight is 284 g/mol. The minimum absolute atomic E-state index is 0.599. The second kappa shape index (κ2) is 7.39. The summed E-state index contributed by atoms with van der Waals surface area (Å²) in [6.45, 7) is 8.86. The second-order valence-corrected chi connectivity index (χ2v) is 5.42. The zero-order valence-corrected chi connectivity index (χ0v) is 12.2. The Hall–Kier alpha value is -1.06. The zero-order valence-electron chi connectivity index (χ0n) is 10.6. The second-order valence-electron chi connectivity index (χ2n) is 3.87. The van der Waals surface area contributed by atoms with Gasteiger partial charge in [0.25, 0.3) is 0 Å². The molecule has 1 N–H and O–H groups in total. The van der Waals surface area contributed by atoms with Gasteiger partial charge in [0.15, 0.2) is 0 Å². The molecule has 2 nitrogen and oxygen atoms in total. The van der Waals surface area contributed by atoms with Crippen LogP contribution >= 0.6 is 22.9 Å². The van der Waals surface area contributed by atoms with Crippen LogP contribution in [0.5, 0.6) is 0 Å². The van der Waals surface area contributed by atoms with Crippen molar-refractivity contribution in [3.8, 4) is 0 Å². The van der Waals surface area contributed by atoms with Crippen LogP contribution < -0.4 is 9.75 Å². The van der Waals surface area contributed by atoms with Gasteiger partial charge in [-0.2, -0.15) is 0 Å². The molecular formula is C14H18ClNOS. The van der Waals surface area contributed by atoms with Crippen LogP contribution in [0.2, 0.25) is 0 Å². The van der Waals surface area contributed by atoms with Crippen LogP contribution in [0, 0.1) is 0 Å². The third-order valence-electron chi connectivity index (χ3n) is 2.69. The van der Waals surface area contributed by atoms with E-state index in [0.29, 0.717) is 5.16 Å². The fraction of sp³-hybridized carbons (Fsp3) is 0.357. The summed E-state index contributed by atoms with van der Waals surface area (Å²) in [6, 6.07) is 0. The predicted molar refractivity (Wildman–Crippen MR) is 82.0 cm³/mol. The number of halogens is 1. The molecule has 1 aliphatic rings. The van der Waals surface area contributed by atoms with E-state index in [0.717, 1.165) is 22.4 Å². The van der Waals surface area contributed by atoms with Crippen LogP contribution in [-0.2, 0) is 12.8 Å². The van der Waals surface area contributed by atoms with Crippen LogP contribution in [0.3, 0.4) is 0 Å². The highest BCUT2D eigenvalue weighted by molar-refractivity contribution is 7.10. The van der Waals surface area contributed by atoms with Gasteiger partial charge in [-0.25, -0.2) is 4.99 Å². The fourth-order valence-corrected chi connectivity index (χ4v) is 3.62. The van der Waals surface area contributed by atoms with E-state index in [-0.39, 0.29) is 0 Å². The van der Waals surface area contributed by atoms with Crippen molar-refractivity contribution in [1.29, 1.82) is 0 Å². The maximum absolute atomic E-state index is 7.33. The molecule has 0 atom stereocenters. The molecule has 98 valence electrons. The monoisotopic (exact) mass is 283 g/mol. The van der Waals surface area contributed by atoms with E-state index in [1.54, 1.807) is 17.6 Å². The van der Waals surface area contributed by atoms with Crippen LogP contribution in [-0.4, -0.2) is 11.3 Å². The molecule has 0 amide bonds. The quantitative estimate of drug-likeness (QED) is 0.479. The number of aliphatic imine (C=N–C) groups is 1. The van der Waals surface area contributed by atoms with Crippen molar-refractivity contribution in [2.45, 2.75) is 32.6 Å². The Morgan fingerprint density at radius 3 is 2.67 bits per heavy atom. The van der Waals surface area contributed by atoms with Gasteiger partial charge >= 0.3 is 0 Å². The first-order valence-electron chi connectivity index (χ1n) is 5.88. The van der Waals surface area contributed by atoms with E-state index in [1.807, 2.05) is 6.92 Å². The number of rotatable bonds is 1. The topological polar surface area (TPSA) is 32.6 Å². The molecule has 0 saturated carbocycles. The van der Waals surface area contributed by atoms with Gasteiger partial charge in [-0.1, -0.05) is 24.8 Å². The van der Waals surface area contributed by atoms with Crippen molar-refractivity contribution >= 4 is 40.9 Å². The third kappa shape index (κ3) is 3.47. The van der Waals surface area contributed by atoms with Gasteiger partial charge in [0.1, 0.15) is 5.16 Å². The Labute approximate surface area is 117 Å². The van der Waals surface area contributed by atoms with E-state index in [2.05, 4.69) is 18.2 Å². The van der Waals surface area contributed by atoms with Crippen molar-refractivity contribution in [2.75, 3.05) is 0 Å². The highest BCUT2D eigenvalue weighted by Gasteiger charge is 2.14. The molecule has 0 saturated heterocycles. The van der Waals surface area contributed by atoms with Gasteiger partial charge < -0.3 is 5.11 Å². The Kier molecular flexibility index (Phi) is 6.16. The summed E-state index contributed by atoms with van der Waals surface area (Å²) >= 11 is 7.96. The first-order chi connectivity index (χ1) is 8.65. The standard InChI is InChI=1S/C12H14ClNS.C2H4O/c1-3-14-12(13)11-8(2)15-10-7-5-4-6-9(10)11;1-2-3/h3H,2,4-7H2,1H3;2-3H,1H2/b12-11+,14-3-;. The zero-order chi connectivity index (χ0) is 13.5. The number of nitrogens with zero attached hydrogens (tertiary/aromatic N) is 1. The van der Waals surface area contributed by atoms with Crippen molar-refractivity contribution in [2.24, 2.45) is 4.99 Å². The van der Waals surface area contributed by atoms with E-state index in [9.17, 15) is 0 Å². The molecule has 1 aromatic rings. The number of aliphatic hydroxyl groups is 1. The van der Waals surface area contributed by atoms with Gasteiger partial charge in [-0.3, -0.25) is 0 Å². The molecule has 0 aromatic carbocycles. The van der Waals surface area contributed by atoms with E-state index >= 15 is 0 Å². The summed E-state index contributed by atoms with van der Waals surface area (Å²) in [6.07, 6.45) is 7.35. The number of hydrogen-bond donors (Lipinski definition) is 1. The lowest BCUT2D eigenvalue weighted by Crippen LogP contribution is -2.23. The first kappa shape index (κ1) is 15.0. The van der Waals surface area contributed by atoms with Crippen LogP contribution in [0.25, 0.3) is 11.7 Å². The van der Waals surface area contributed by atoms with Crippen LogP contribution in [0.15, 0.2) is 17.8 Å². The Morgan fingerprint density at radius 2 is 2.06 bits per heavy atom. The number of aryl methyl sites for hydroxylation is 1. The summed E-state index contributed by atoms with van der Waals surface area (Å²) in [4.78, 5) is 5.62. The van der Waals surface area contributed by atoms with E-state index in [1.165, 1.54) is 29.7 Å². The smallest absolute Gasteiger partial charge is 0.137 e. The lowest BCUT2D eigenvalue weighted by Gasteiger charge is -2.09. The summed E-state index contributed by atoms with van der Waals surface area (Å²) in [5.41, 5.74) is 1.40. The lowest BCUT2D eigenvalue weighted by molar-refractivity contribution is 0.476. The highest BCUT2D eigenvalue weighted by Crippen LogP contribution is 2.21. The highest BCUT2D eigenvalue weighted by atomic mass is 35.5. The molecule has 18 heavy (non-hydrogen) atoms. The molecule has 1 aromatic heterocycles. The van der Waals surface area contributed by atoms with Crippen molar-refractivity contribution in [3.63, 3.8) is 0 Å². The summed E-state index contributed by atoms with van der Waals surface area (Å²) < 4.78 is 1.07. The Bertz CT molecular complexity index is 545. The van der Waals surface area contributed by atoms with Crippen LogP contribution in [0.1, 0.15) is 30.2 Å². The van der Waals surface area contributed by atoms with Gasteiger partial charge in [0.2, 0.25) is 0 Å². The molecule has 0 aliphatic heterocycles. The molecule has 0 radical (unpaired) electrons. The summed E-state index contributed by atoms with van der Waals surface area (Å²) in [5.74, 6) is 0. The maximum Gasteiger partial charge on any atom is 0.137 e. The molecular weight excluding hydrogens is 266 g/mol. The van der Waals surface area contributed by atoms with Crippen molar-refractivity contribution < 1.29 is 5.11 Å². The maximum atomic E-state index is 7.33. The molecule has 4 heteroatoms. The minimum Gasteiger partial charge on any atom is -0.516 e. The number of hydrogen-bond acceptors (Lipinski definition) is 3. The van der Waals surface area contributed by atoms with Gasteiger partial charge in [0.05, 0.1) is 6.26 Å². The summed E-state index contributed by atoms with van der Waals surface area (Å²) in [5, 5.41) is 9.02. The molecule has 0 fully saturated rings. The number of fused-ring (bicyclic) bond motifs is 1. The number of aliphatic hydroxyl groups excluding tert-OH is 1. The number of thiophene rings is 1. The molecule has 0 bridgehead atoms. The van der Waals surface area contributed by atoms with Gasteiger partial charge in [0, 0.05) is 20.8 Å². The van der Waals surface area contributed by atoms with Gasteiger partial charge in [-0.15, -0.1) is 11.3 Å². The molecule has 2 rings (SSSR count). The van der Waals surface area contributed by atoms with Crippen molar-refractivity contribution in [3.05, 3.63) is 33.0 Å². The molecule has 1 aliphatic carbocycles. The SMILES string of the molecule is C=CO.C=c1sc2c(/c1=C(Cl)/N=C\C)CCCC2.